The van der Waals surface area contributed by atoms with Crippen molar-refractivity contribution in [3.05, 3.63) is 12.4 Å². The van der Waals surface area contributed by atoms with E-state index in [9.17, 15) is 0 Å². The zero-order valence-corrected chi connectivity index (χ0v) is 12.1. The molecule has 2 heterocycles. The van der Waals surface area contributed by atoms with Gasteiger partial charge >= 0.3 is 0 Å². The van der Waals surface area contributed by atoms with Crippen LogP contribution in [0.2, 0.25) is 0 Å². The van der Waals surface area contributed by atoms with Gasteiger partial charge in [-0.25, -0.2) is 4.98 Å². The third-order valence-corrected chi connectivity index (χ3v) is 3.61. The quantitative estimate of drug-likeness (QED) is 0.727. The van der Waals surface area contributed by atoms with E-state index in [0.717, 1.165) is 44.6 Å². The van der Waals surface area contributed by atoms with Crippen molar-refractivity contribution in [1.29, 1.82) is 0 Å². The summed E-state index contributed by atoms with van der Waals surface area (Å²) in [4.78, 5) is 6.79. The van der Waals surface area contributed by atoms with Gasteiger partial charge in [0.1, 0.15) is 0 Å². The Morgan fingerprint density at radius 2 is 2.42 bits per heavy atom. The molecule has 2 rings (SSSR count). The Bertz CT molecular complexity index is 366. The van der Waals surface area contributed by atoms with Gasteiger partial charge in [0.25, 0.3) is 0 Å². The fourth-order valence-corrected chi connectivity index (χ4v) is 2.60. The van der Waals surface area contributed by atoms with Crippen LogP contribution in [0.1, 0.15) is 19.8 Å². The Morgan fingerprint density at radius 1 is 1.53 bits per heavy atom. The summed E-state index contributed by atoms with van der Waals surface area (Å²) in [7, 11) is 2.20. The van der Waals surface area contributed by atoms with Crippen LogP contribution in [0, 0.1) is 5.92 Å². The predicted octanol–water partition coefficient (Wildman–Crippen LogP) is 1.67. The second-order valence-electron chi connectivity index (χ2n) is 5.30. The molecule has 5 nitrogen and oxygen atoms in total. The molecule has 0 amide bonds. The largest absolute Gasteiger partial charge is 0.382 e. The van der Waals surface area contributed by atoms with Crippen LogP contribution in [0.15, 0.2) is 12.4 Å². The van der Waals surface area contributed by atoms with Crippen LogP contribution in [0.25, 0.3) is 0 Å². The van der Waals surface area contributed by atoms with Crippen LogP contribution in [0.3, 0.4) is 0 Å². The lowest BCUT2D eigenvalue weighted by molar-refractivity contribution is 0.147. The number of anilines is 1. The summed E-state index contributed by atoms with van der Waals surface area (Å²) in [6.45, 7) is 8.04. The van der Waals surface area contributed by atoms with E-state index < -0.39 is 0 Å². The Morgan fingerprint density at radius 3 is 3.16 bits per heavy atom. The average Bonchev–Trinajstić information content (AvgIpc) is 3.00. The zero-order valence-electron chi connectivity index (χ0n) is 12.1. The molecular weight excluding hydrogens is 240 g/mol. The number of aromatic nitrogens is 2. The summed E-state index contributed by atoms with van der Waals surface area (Å²) in [6, 6.07) is 0. The summed E-state index contributed by atoms with van der Waals surface area (Å²) in [5.74, 6) is 1.74. The van der Waals surface area contributed by atoms with E-state index in [4.69, 9.17) is 4.74 Å². The number of hydrogen-bond acceptors (Lipinski definition) is 4. The smallest absolute Gasteiger partial charge is 0.202 e. The fourth-order valence-electron chi connectivity index (χ4n) is 2.60. The van der Waals surface area contributed by atoms with Gasteiger partial charge in [-0.3, -0.25) is 0 Å². The van der Waals surface area contributed by atoms with Gasteiger partial charge in [0, 0.05) is 45.2 Å². The summed E-state index contributed by atoms with van der Waals surface area (Å²) in [6.07, 6.45) is 6.26. The lowest BCUT2D eigenvalue weighted by Crippen LogP contribution is -2.18. The maximum Gasteiger partial charge on any atom is 0.202 e. The molecule has 19 heavy (non-hydrogen) atoms. The third-order valence-electron chi connectivity index (χ3n) is 3.61. The van der Waals surface area contributed by atoms with Crippen molar-refractivity contribution in [3.63, 3.8) is 0 Å². The van der Waals surface area contributed by atoms with Crippen molar-refractivity contribution >= 4 is 5.95 Å². The van der Waals surface area contributed by atoms with Gasteiger partial charge < -0.3 is 19.5 Å². The van der Waals surface area contributed by atoms with Gasteiger partial charge in [0.05, 0.1) is 0 Å². The van der Waals surface area contributed by atoms with Crippen LogP contribution in [-0.4, -0.2) is 54.3 Å². The van der Waals surface area contributed by atoms with E-state index in [1.54, 1.807) is 0 Å². The molecule has 1 unspecified atom stereocenters. The molecule has 1 aromatic rings. The first-order chi connectivity index (χ1) is 9.29. The Kier molecular flexibility index (Phi) is 5.66. The Labute approximate surface area is 116 Å². The minimum absolute atomic E-state index is 0.753. The maximum atomic E-state index is 5.33. The molecule has 0 bridgehead atoms. The minimum atomic E-state index is 0.753. The van der Waals surface area contributed by atoms with Crippen LogP contribution in [0.4, 0.5) is 5.95 Å². The highest BCUT2D eigenvalue weighted by atomic mass is 16.5. The van der Waals surface area contributed by atoms with Gasteiger partial charge in [-0.1, -0.05) is 0 Å². The Hall–Kier alpha value is -1.07. The van der Waals surface area contributed by atoms with Crippen molar-refractivity contribution < 1.29 is 4.74 Å². The SMILES string of the molecule is CCOCCCNc1nccn1CC1CCN(C)C1. The molecule has 1 aliphatic heterocycles. The van der Waals surface area contributed by atoms with E-state index in [1.807, 2.05) is 13.1 Å². The highest BCUT2D eigenvalue weighted by Crippen LogP contribution is 2.18. The Balaban J connectivity index is 1.74. The van der Waals surface area contributed by atoms with Crippen LogP contribution in [-0.2, 0) is 11.3 Å². The number of nitrogens with one attached hydrogen (secondary N) is 1. The highest BCUT2D eigenvalue weighted by Gasteiger charge is 2.20. The van der Waals surface area contributed by atoms with E-state index in [1.165, 1.54) is 19.5 Å². The van der Waals surface area contributed by atoms with Crippen molar-refractivity contribution in [1.82, 2.24) is 14.5 Å². The number of imidazole rings is 1. The van der Waals surface area contributed by atoms with Gasteiger partial charge in [-0.05, 0) is 39.3 Å². The first-order valence-electron chi connectivity index (χ1n) is 7.31. The maximum absolute atomic E-state index is 5.33. The van der Waals surface area contributed by atoms with Crippen LogP contribution in [0.5, 0.6) is 0 Å². The fraction of sp³-hybridized carbons (Fsp3) is 0.786. The molecule has 1 fully saturated rings. The summed E-state index contributed by atoms with van der Waals surface area (Å²) >= 11 is 0. The molecule has 1 aliphatic rings. The molecule has 1 aromatic heterocycles. The van der Waals surface area contributed by atoms with Crippen molar-refractivity contribution in [2.75, 3.05) is 45.2 Å². The summed E-state index contributed by atoms with van der Waals surface area (Å²) < 4.78 is 7.57. The molecule has 0 aromatic carbocycles. The van der Waals surface area contributed by atoms with E-state index >= 15 is 0 Å². The van der Waals surface area contributed by atoms with E-state index in [2.05, 4.69) is 33.0 Å². The number of likely N-dealkylation sites (tertiary alicyclic amines) is 1. The second kappa shape index (κ2) is 7.50. The standard InChI is InChI=1S/C14H26N4O/c1-3-19-10-4-6-15-14-16-7-9-18(14)12-13-5-8-17(2)11-13/h7,9,13H,3-6,8,10-12H2,1-2H3,(H,15,16). The zero-order chi connectivity index (χ0) is 13.5. The molecule has 0 saturated carbocycles. The van der Waals surface area contributed by atoms with Gasteiger partial charge in [-0.2, -0.15) is 0 Å². The van der Waals surface area contributed by atoms with Gasteiger partial charge in [0.15, 0.2) is 0 Å². The highest BCUT2D eigenvalue weighted by molar-refractivity contribution is 5.25. The van der Waals surface area contributed by atoms with Gasteiger partial charge in [0.2, 0.25) is 5.95 Å². The van der Waals surface area contributed by atoms with Gasteiger partial charge in [-0.15, -0.1) is 0 Å². The molecule has 108 valence electrons. The van der Waals surface area contributed by atoms with Crippen LogP contribution < -0.4 is 5.32 Å². The number of nitrogens with zero attached hydrogens (tertiary/aromatic N) is 3. The van der Waals surface area contributed by atoms with Crippen molar-refractivity contribution in [3.8, 4) is 0 Å². The van der Waals surface area contributed by atoms with Crippen molar-refractivity contribution in [2.24, 2.45) is 5.92 Å². The first kappa shape index (κ1) is 14.3. The normalized spacial score (nSPS) is 20.0. The van der Waals surface area contributed by atoms with E-state index in [-0.39, 0.29) is 0 Å². The molecule has 1 N–H and O–H groups in total. The molecule has 5 heteroatoms. The lowest BCUT2D eigenvalue weighted by Gasteiger charge is -2.14. The minimum Gasteiger partial charge on any atom is -0.382 e. The molecule has 1 saturated heterocycles. The van der Waals surface area contributed by atoms with Crippen molar-refractivity contribution in [2.45, 2.75) is 26.3 Å². The number of rotatable bonds is 8. The number of hydrogen-bond donors (Lipinski definition) is 1. The monoisotopic (exact) mass is 266 g/mol. The van der Waals surface area contributed by atoms with E-state index in [0.29, 0.717) is 0 Å². The molecule has 0 radical (unpaired) electrons. The second-order valence-corrected chi connectivity index (χ2v) is 5.30. The average molecular weight is 266 g/mol. The summed E-state index contributed by atoms with van der Waals surface area (Å²) in [5, 5.41) is 3.40. The van der Waals surface area contributed by atoms with Crippen LogP contribution >= 0.6 is 0 Å². The molecule has 0 aliphatic carbocycles. The third kappa shape index (κ3) is 4.51. The summed E-state index contributed by atoms with van der Waals surface area (Å²) in [5.41, 5.74) is 0. The molecular formula is C14H26N4O. The number of ether oxygens (including phenoxy) is 1. The molecule has 1 atom stereocenters. The molecule has 0 spiro atoms. The first-order valence-corrected chi connectivity index (χ1v) is 7.31. The lowest BCUT2D eigenvalue weighted by atomic mass is 10.1. The predicted molar refractivity (Wildman–Crippen MR) is 77.4 cm³/mol. The topological polar surface area (TPSA) is 42.3 Å².